The molecule has 2 fully saturated rings. The number of hydrogen-bond donors (Lipinski definition) is 11. The van der Waals surface area contributed by atoms with E-state index in [2.05, 4.69) is 0 Å². The summed E-state index contributed by atoms with van der Waals surface area (Å²) in [5.74, 6) is -9.76. The van der Waals surface area contributed by atoms with Gasteiger partial charge in [0.2, 0.25) is 6.79 Å². The van der Waals surface area contributed by atoms with Gasteiger partial charge in [0.25, 0.3) is 0 Å². The van der Waals surface area contributed by atoms with Crippen LogP contribution in [0.15, 0.2) is 97.1 Å². The van der Waals surface area contributed by atoms with Gasteiger partial charge in [-0.2, -0.15) is 0 Å². The molecule has 402 valence electrons. The molecule has 2 aliphatic carbocycles. The molecule has 0 bridgehead atoms. The van der Waals surface area contributed by atoms with Gasteiger partial charge >= 0.3 is 35.8 Å². The molecule has 76 heavy (non-hydrogen) atoms. The molecule has 0 spiro atoms. The summed E-state index contributed by atoms with van der Waals surface area (Å²) >= 11 is 0. The fourth-order valence-corrected chi connectivity index (χ4v) is 7.84. The number of aliphatic hydroxyl groups is 4. The number of esters is 4. The van der Waals surface area contributed by atoms with Crippen LogP contribution >= 0.6 is 0 Å². The normalized spacial score (nSPS) is 23.5. The van der Waals surface area contributed by atoms with E-state index in [1.807, 2.05) is 0 Å². The second kappa shape index (κ2) is 24.3. The van der Waals surface area contributed by atoms with Gasteiger partial charge in [0.1, 0.15) is 12.2 Å². The van der Waals surface area contributed by atoms with Crippen LogP contribution in [0, 0.1) is 0 Å². The van der Waals surface area contributed by atoms with E-state index in [-0.39, 0.29) is 39.7 Å². The highest BCUT2D eigenvalue weighted by Crippen LogP contribution is 2.36. The quantitative estimate of drug-likeness (QED) is 0.0211. The number of carbonyl (C=O) groups excluding carboxylic acids is 4. The zero-order chi connectivity index (χ0) is 55.5. The Morgan fingerprint density at radius 3 is 1.22 bits per heavy atom. The number of hydrogen-bond acceptors (Lipinski definition) is 22. The van der Waals surface area contributed by atoms with Crippen LogP contribution in [0.2, 0.25) is 0 Å². The van der Waals surface area contributed by atoms with Crippen LogP contribution in [0.4, 0.5) is 0 Å². The first-order valence-electron chi connectivity index (χ1n) is 22.6. The summed E-state index contributed by atoms with van der Waals surface area (Å²) in [5, 5.41) is 111. The van der Waals surface area contributed by atoms with Crippen molar-refractivity contribution in [1.82, 2.24) is 0 Å². The maximum Gasteiger partial charge on any atom is 0.335 e. The molecule has 0 amide bonds. The van der Waals surface area contributed by atoms with Crippen molar-refractivity contribution in [1.29, 1.82) is 0 Å². The van der Waals surface area contributed by atoms with E-state index in [4.69, 9.17) is 33.2 Å². The van der Waals surface area contributed by atoms with E-state index in [9.17, 15) is 84.9 Å². The van der Waals surface area contributed by atoms with Crippen LogP contribution in [0.5, 0.6) is 46.0 Å². The molecule has 11 N–H and O–H groups in total. The average molecular weight is 1060 g/mol. The van der Waals surface area contributed by atoms with E-state index < -0.39 is 139 Å². The predicted molar refractivity (Wildman–Crippen MR) is 258 cm³/mol. The van der Waals surface area contributed by atoms with Gasteiger partial charge in [-0.1, -0.05) is 24.3 Å². The Morgan fingerprint density at radius 2 is 0.829 bits per heavy atom. The molecule has 0 unspecified atom stereocenters. The molecule has 24 nitrogen and oxygen atoms in total. The van der Waals surface area contributed by atoms with Crippen LogP contribution in [-0.2, 0) is 47.7 Å². The van der Waals surface area contributed by atoms with Gasteiger partial charge in [-0.25, -0.2) is 28.8 Å². The molecule has 2 aliphatic rings. The van der Waals surface area contributed by atoms with Gasteiger partial charge in [-0.15, -0.1) is 0 Å². The van der Waals surface area contributed by atoms with Gasteiger partial charge in [0, 0.05) is 50.0 Å². The topological polar surface area (TPSA) is 390 Å². The first kappa shape index (κ1) is 56.2. The highest BCUT2D eigenvalue weighted by atomic mass is 16.7. The van der Waals surface area contributed by atoms with Gasteiger partial charge in [0.15, 0.2) is 69.4 Å². The fourth-order valence-electron chi connectivity index (χ4n) is 7.84. The molecule has 0 heterocycles. The largest absolute Gasteiger partial charge is 0.504 e. The number of ether oxygens (including phenoxy) is 7. The van der Waals surface area contributed by atoms with Gasteiger partial charge in [-0.05, 0) is 95.1 Å². The number of carboxylic acid groups (broad SMARTS) is 2. The van der Waals surface area contributed by atoms with Crippen LogP contribution in [0.3, 0.4) is 0 Å². The third-order valence-electron chi connectivity index (χ3n) is 11.7. The van der Waals surface area contributed by atoms with Crippen LogP contribution in [0.25, 0.3) is 24.3 Å². The van der Waals surface area contributed by atoms with Crippen molar-refractivity contribution in [3.8, 4) is 46.0 Å². The standard InChI is InChI=1S/C52H50O24/c1-70-40-21-30(9-15-44(61)74-42-25-52(69,50(66)67)23-37(59)48(42)76-46(63)17-7-28-3-11-32(54)35(57)19-28)5-13-38(40)71-26-72-39-20-29(4-12-33(39)55)8-14-43(60)73-41-24-51(68,49(64)65)22-36(58)47(41)75-45(62)16-6-27-2-10-31(53)34(56)18-27/h2-21,36-37,41-42,47-48,53-59,68-69H,22-26H2,1H3,(H,64,65)(H,66,67)/t36-,37-,41-,42-,47-,48-,51+,52+/m1/s1. The molecular weight excluding hydrogens is 1010 g/mol. The Kier molecular flexibility index (Phi) is 18.0. The summed E-state index contributed by atoms with van der Waals surface area (Å²) < 4.78 is 38.1. The Bertz CT molecular complexity index is 2960. The minimum Gasteiger partial charge on any atom is -0.504 e. The number of methoxy groups -OCH3 is 1. The summed E-state index contributed by atoms with van der Waals surface area (Å²) in [6.45, 7) is -0.526. The molecule has 0 aliphatic heterocycles. The molecule has 0 radical (unpaired) electrons. The molecule has 6 rings (SSSR count). The van der Waals surface area contributed by atoms with Gasteiger partial charge < -0.3 is 89.3 Å². The lowest BCUT2D eigenvalue weighted by molar-refractivity contribution is -0.204. The lowest BCUT2D eigenvalue weighted by Gasteiger charge is -2.40. The zero-order valence-corrected chi connectivity index (χ0v) is 39.8. The van der Waals surface area contributed by atoms with Gasteiger partial charge in [-0.3, -0.25) is 0 Å². The van der Waals surface area contributed by atoms with Crippen molar-refractivity contribution in [2.24, 2.45) is 0 Å². The maximum atomic E-state index is 13.0. The Morgan fingerprint density at radius 1 is 0.474 bits per heavy atom. The zero-order valence-electron chi connectivity index (χ0n) is 39.8. The molecule has 0 saturated heterocycles. The summed E-state index contributed by atoms with van der Waals surface area (Å²) in [6.07, 6.45) is -4.71. The van der Waals surface area contributed by atoms with E-state index in [0.29, 0.717) is 5.56 Å². The molecule has 0 aromatic heterocycles. The molecule has 8 atom stereocenters. The Hall–Kier alpha value is -9.10. The number of phenols is 5. The predicted octanol–water partition coefficient (Wildman–Crippen LogP) is 2.68. The number of aromatic hydroxyl groups is 5. The van der Waals surface area contributed by atoms with E-state index in [0.717, 1.165) is 36.4 Å². The first-order chi connectivity index (χ1) is 35.9. The number of aliphatic carboxylic acids is 2. The van der Waals surface area contributed by atoms with Crippen molar-refractivity contribution < 1.29 is 118 Å². The highest BCUT2D eigenvalue weighted by Gasteiger charge is 2.53. The third kappa shape index (κ3) is 14.6. The van der Waals surface area contributed by atoms with Gasteiger partial charge in [0.05, 0.1) is 19.3 Å². The van der Waals surface area contributed by atoms with Crippen LogP contribution in [0.1, 0.15) is 47.9 Å². The second-order valence-corrected chi connectivity index (χ2v) is 17.3. The lowest BCUT2D eigenvalue weighted by atomic mass is 9.79. The van der Waals surface area contributed by atoms with E-state index >= 15 is 0 Å². The van der Waals surface area contributed by atoms with Crippen LogP contribution < -0.4 is 14.2 Å². The number of phenolic OH excluding ortho intramolecular Hbond substituents is 5. The summed E-state index contributed by atoms with van der Waals surface area (Å²) in [4.78, 5) is 75.3. The Balaban J connectivity index is 1.05. The molecule has 4 aromatic rings. The maximum absolute atomic E-state index is 13.0. The number of benzene rings is 4. The van der Waals surface area contributed by atoms with Crippen molar-refractivity contribution >= 4 is 60.1 Å². The number of aliphatic hydroxyl groups excluding tert-OH is 2. The third-order valence-corrected chi connectivity index (χ3v) is 11.7. The highest BCUT2D eigenvalue weighted by molar-refractivity contribution is 5.90. The smallest absolute Gasteiger partial charge is 0.335 e. The number of carboxylic acids is 2. The van der Waals surface area contributed by atoms with Crippen molar-refractivity contribution in [2.75, 3.05) is 13.9 Å². The summed E-state index contributed by atoms with van der Waals surface area (Å²) in [7, 11) is 1.31. The molecule has 24 heteroatoms. The SMILES string of the molecule is COc1cc(C=CC(=O)O[C@@H]2C[C@](O)(C(=O)O)C[C@@H](O)[C@H]2OC(=O)C=Cc2ccc(O)c(O)c2)ccc1OCOc1cc(C=CC(=O)O[C@@H]2C[C@](O)(C(=O)O)C[C@@H](O)[C@H]2OC(=O)C=Cc2ccc(O)c(O)c2)ccc1O. The van der Waals surface area contributed by atoms with E-state index in [1.54, 1.807) is 0 Å². The lowest BCUT2D eigenvalue weighted by Crippen LogP contribution is -2.58. The number of rotatable bonds is 19. The second-order valence-electron chi connectivity index (χ2n) is 17.3. The first-order valence-corrected chi connectivity index (χ1v) is 22.6. The molecule has 4 aromatic carbocycles. The summed E-state index contributed by atoms with van der Waals surface area (Å²) in [5.41, 5.74) is -3.97. The average Bonchev–Trinajstić information content (AvgIpc) is 3.37. The summed E-state index contributed by atoms with van der Waals surface area (Å²) in [6, 6.07) is 15.6. The number of carbonyl (C=O) groups is 6. The van der Waals surface area contributed by atoms with Crippen molar-refractivity contribution in [2.45, 2.75) is 73.5 Å². The van der Waals surface area contributed by atoms with E-state index in [1.165, 1.54) is 92.1 Å². The Labute approximate surface area is 430 Å². The van der Waals surface area contributed by atoms with Crippen molar-refractivity contribution in [3.05, 3.63) is 119 Å². The molecule has 2 saturated carbocycles. The van der Waals surface area contributed by atoms with Crippen molar-refractivity contribution in [3.63, 3.8) is 0 Å². The molecular formula is C52H50O24. The monoisotopic (exact) mass is 1060 g/mol. The minimum absolute atomic E-state index is 0.117. The minimum atomic E-state index is -2.56. The fraction of sp³-hybridized carbons (Fsp3) is 0.269. The van der Waals surface area contributed by atoms with Crippen LogP contribution in [-0.4, -0.2) is 154 Å².